The molecule has 2 aromatic carbocycles. The Kier molecular flexibility index (Phi) is 9.00. The van der Waals surface area contributed by atoms with Crippen LogP contribution in [0, 0.1) is 29.1 Å². The number of likely N-dealkylation sites (tertiary alicyclic amines) is 1. The van der Waals surface area contributed by atoms with E-state index in [0.717, 1.165) is 0 Å². The van der Waals surface area contributed by atoms with Gasteiger partial charge in [0, 0.05) is 43.1 Å². The zero-order chi connectivity index (χ0) is 25.6. The standard InChI is InChI=1S/C18H15ClF5NO.C4H4O4/c1-25-8-6-18(7-9-25,10-2-4-11(19)5-3-10)26-17-15(23)13(21)12(20)14(22)16(17)24;5-3(6)1-2-4(7)8/h2-5H,6-9H2,1H3;1-2H,(H,5,6)(H,7,8). The van der Waals surface area contributed by atoms with E-state index < -0.39 is 52.4 Å². The molecule has 0 saturated carbocycles. The number of rotatable bonds is 5. The summed E-state index contributed by atoms with van der Waals surface area (Å²) >= 11 is 5.88. The third kappa shape index (κ3) is 6.45. The first-order valence-corrected chi connectivity index (χ1v) is 10.0. The van der Waals surface area contributed by atoms with Crippen molar-refractivity contribution in [2.24, 2.45) is 0 Å². The largest absolute Gasteiger partial charge is 0.478 e. The highest BCUT2D eigenvalue weighted by molar-refractivity contribution is 6.30. The lowest BCUT2D eigenvalue weighted by molar-refractivity contribution is -0.134. The van der Waals surface area contributed by atoms with E-state index in [2.05, 4.69) is 0 Å². The van der Waals surface area contributed by atoms with Crippen molar-refractivity contribution in [3.8, 4) is 5.75 Å². The molecule has 1 aliphatic rings. The van der Waals surface area contributed by atoms with Crippen LogP contribution in [0.15, 0.2) is 36.4 Å². The van der Waals surface area contributed by atoms with Gasteiger partial charge in [-0.25, -0.2) is 22.8 Å². The van der Waals surface area contributed by atoms with Crippen LogP contribution >= 0.6 is 11.6 Å². The van der Waals surface area contributed by atoms with Crippen molar-refractivity contribution in [2.45, 2.75) is 18.4 Å². The summed E-state index contributed by atoms with van der Waals surface area (Å²) in [6, 6.07) is 6.41. The first kappa shape index (κ1) is 27.1. The zero-order valence-electron chi connectivity index (χ0n) is 17.6. The Hall–Kier alpha value is -3.18. The van der Waals surface area contributed by atoms with Gasteiger partial charge >= 0.3 is 11.9 Å². The fourth-order valence-electron chi connectivity index (χ4n) is 3.20. The molecule has 0 aliphatic carbocycles. The number of benzene rings is 2. The summed E-state index contributed by atoms with van der Waals surface area (Å²) in [5.41, 5.74) is -0.672. The number of ether oxygens (including phenoxy) is 1. The van der Waals surface area contributed by atoms with Crippen LogP contribution in [0.2, 0.25) is 5.02 Å². The molecule has 2 aromatic rings. The van der Waals surface area contributed by atoms with Gasteiger partial charge in [0.25, 0.3) is 0 Å². The van der Waals surface area contributed by atoms with Crippen LogP contribution in [-0.4, -0.2) is 47.2 Å². The van der Waals surface area contributed by atoms with Gasteiger partial charge < -0.3 is 19.8 Å². The monoisotopic (exact) mass is 507 g/mol. The van der Waals surface area contributed by atoms with Crippen molar-refractivity contribution in [1.29, 1.82) is 0 Å². The number of aliphatic carboxylic acids is 2. The second-order valence-corrected chi connectivity index (χ2v) is 7.75. The molecule has 12 heteroatoms. The molecule has 0 aromatic heterocycles. The topological polar surface area (TPSA) is 87.1 Å². The number of hydrogen-bond acceptors (Lipinski definition) is 4. The van der Waals surface area contributed by atoms with E-state index in [1.807, 2.05) is 11.9 Å². The molecule has 1 aliphatic heterocycles. The van der Waals surface area contributed by atoms with Crippen molar-refractivity contribution < 1.29 is 46.5 Å². The Morgan fingerprint density at radius 3 is 1.71 bits per heavy atom. The SMILES string of the molecule is CN1CCC(Oc2c(F)c(F)c(F)c(F)c2F)(c2ccc(Cl)cc2)CC1.O=C(O)C=CC(=O)O. The first-order chi connectivity index (χ1) is 15.9. The van der Waals surface area contributed by atoms with Crippen LogP contribution in [0.3, 0.4) is 0 Å². The third-order valence-electron chi connectivity index (χ3n) is 5.00. The molecule has 2 N–H and O–H groups in total. The zero-order valence-corrected chi connectivity index (χ0v) is 18.4. The molecule has 0 radical (unpaired) electrons. The van der Waals surface area contributed by atoms with E-state index in [4.69, 9.17) is 26.6 Å². The van der Waals surface area contributed by atoms with Gasteiger partial charge in [-0.3, -0.25) is 0 Å². The number of halogens is 6. The highest BCUT2D eigenvalue weighted by Crippen LogP contribution is 2.41. The molecule has 0 spiro atoms. The quantitative estimate of drug-likeness (QED) is 0.263. The molecular weight excluding hydrogens is 489 g/mol. The fourth-order valence-corrected chi connectivity index (χ4v) is 3.32. The van der Waals surface area contributed by atoms with Gasteiger partial charge in [-0.2, -0.15) is 8.78 Å². The molecule has 6 nitrogen and oxygen atoms in total. The third-order valence-corrected chi connectivity index (χ3v) is 5.25. The predicted molar refractivity (Wildman–Crippen MR) is 111 cm³/mol. The average molecular weight is 508 g/mol. The number of carboxylic acids is 2. The van der Waals surface area contributed by atoms with Crippen LogP contribution in [0.1, 0.15) is 18.4 Å². The summed E-state index contributed by atoms with van der Waals surface area (Å²) in [4.78, 5) is 21.1. The second kappa shape index (κ2) is 11.3. The maximum absolute atomic E-state index is 14.1. The maximum atomic E-state index is 14.1. The average Bonchev–Trinajstić information content (AvgIpc) is 2.80. The minimum atomic E-state index is -2.21. The minimum Gasteiger partial charge on any atom is -0.478 e. The number of hydrogen-bond donors (Lipinski definition) is 2. The van der Waals surface area contributed by atoms with Gasteiger partial charge in [0.2, 0.25) is 29.1 Å². The lowest BCUT2D eigenvalue weighted by atomic mass is 9.84. The Morgan fingerprint density at radius 2 is 1.29 bits per heavy atom. The normalized spacial score (nSPS) is 15.5. The van der Waals surface area contributed by atoms with Crippen LogP contribution in [0.25, 0.3) is 0 Å². The van der Waals surface area contributed by atoms with Gasteiger partial charge in [-0.15, -0.1) is 0 Å². The molecule has 1 heterocycles. The van der Waals surface area contributed by atoms with E-state index in [9.17, 15) is 31.5 Å². The second-order valence-electron chi connectivity index (χ2n) is 7.32. The molecule has 1 fully saturated rings. The van der Waals surface area contributed by atoms with Gasteiger partial charge in [0.1, 0.15) is 5.60 Å². The Morgan fingerprint density at radius 1 is 0.882 bits per heavy atom. The maximum Gasteiger partial charge on any atom is 0.328 e. The van der Waals surface area contributed by atoms with E-state index in [1.54, 1.807) is 24.3 Å². The van der Waals surface area contributed by atoms with Gasteiger partial charge in [-0.05, 0) is 24.7 Å². The van der Waals surface area contributed by atoms with Crippen LogP contribution in [0.5, 0.6) is 5.75 Å². The molecule has 0 atom stereocenters. The molecule has 184 valence electrons. The smallest absolute Gasteiger partial charge is 0.328 e. The Labute approximate surface area is 195 Å². The predicted octanol–water partition coefficient (Wildman–Crippen LogP) is 4.75. The van der Waals surface area contributed by atoms with Crippen molar-refractivity contribution in [1.82, 2.24) is 4.90 Å². The number of piperidine rings is 1. The van der Waals surface area contributed by atoms with E-state index >= 15 is 0 Å². The summed E-state index contributed by atoms with van der Waals surface area (Å²) in [6.07, 6.45) is 1.74. The molecule has 1 saturated heterocycles. The summed E-state index contributed by atoms with van der Waals surface area (Å²) < 4.78 is 74.1. The van der Waals surface area contributed by atoms with Crippen LogP contribution in [0.4, 0.5) is 22.0 Å². The van der Waals surface area contributed by atoms with Crippen LogP contribution in [-0.2, 0) is 15.2 Å². The molecule has 0 unspecified atom stereocenters. The minimum absolute atomic E-state index is 0.310. The van der Waals surface area contributed by atoms with Crippen molar-refractivity contribution in [3.63, 3.8) is 0 Å². The number of carbonyl (C=O) groups is 2. The van der Waals surface area contributed by atoms with Gasteiger partial charge in [0.15, 0.2) is 5.75 Å². The summed E-state index contributed by atoms with van der Waals surface area (Å²) in [7, 11) is 1.87. The summed E-state index contributed by atoms with van der Waals surface area (Å²) in [5, 5.41) is 16.1. The molecule has 0 amide bonds. The number of carboxylic acid groups (broad SMARTS) is 2. The molecular formula is C22H19ClF5NO5. The summed E-state index contributed by atoms with van der Waals surface area (Å²) in [6.45, 7) is 1.05. The Balaban J connectivity index is 0.000000440. The van der Waals surface area contributed by atoms with Gasteiger partial charge in [0.05, 0.1) is 0 Å². The lowest BCUT2D eigenvalue weighted by Crippen LogP contribution is -2.45. The Bertz CT molecular complexity index is 1040. The number of nitrogens with zero attached hydrogens (tertiary/aromatic N) is 1. The highest BCUT2D eigenvalue weighted by atomic mass is 35.5. The summed E-state index contributed by atoms with van der Waals surface area (Å²) in [5.74, 6) is -14.0. The molecule has 3 rings (SSSR count). The highest BCUT2D eigenvalue weighted by Gasteiger charge is 2.40. The fraction of sp³-hybridized carbons (Fsp3) is 0.273. The molecule has 0 bridgehead atoms. The lowest BCUT2D eigenvalue weighted by Gasteiger charge is -2.41. The van der Waals surface area contributed by atoms with Crippen molar-refractivity contribution in [3.05, 3.63) is 76.1 Å². The van der Waals surface area contributed by atoms with Crippen LogP contribution < -0.4 is 4.74 Å². The van der Waals surface area contributed by atoms with Crippen molar-refractivity contribution >= 4 is 23.5 Å². The van der Waals surface area contributed by atoms with E-state index in [-0.39, 0.29) is 0 Å². The van der Waals surface area contributed by atoms with E-state index in [0.29, 0.717) is 48.7 Å². The first-order valence-electron chi connectivity index (χ1n) is 9.67. The van der Waals surface area contributed by atoms with E-state index in [1.165, 1.54) is 0 Å². The van der Waals surface area contributed by atoms with Crippen molar-refractivity contribution in [2.75, 3.05) is 20.1 Å². The van der Waals surface area contributed by atoms with Gasteiger partial charge in [-0.1, -0.05) is 23.7 Å². The molecule has 34 heavy (non-hydrogen) atoms.